The van der Waals surface area contributed by atoms with Crippen LogP contribution in [-0.4, -0.2) is 37.4 Å². The molecule has 4 aromatic carbocycles. The molecule has 0 fully saturated rings. The molecular formula is C33H21NO2SSe2. The van der Waals surface area contributed by atoms with Gasteiger partial charge < -0.3 is 0 Å². The number of hydrogen-bond donors (Lipinski definition) is 0. The second kappa shape index (κ2) is 8.56. The van der Waals surface area contributed by atoms with Crippen LogP contribution >= 0.6 is 0 Å². The molecule has 3 nitrogen and oxygen atoms in total. The molecule has 0 amide bonds. The fourth-order valence-electron chi connectivity index (χ4n) is 6.32. The van der Waals surface area contributed by atoms with E-state index in [0.717, 1.165) is 17.1 Å². The van der Waals surface area contributed by atoms with Gasteiger partial charge in [-0.2, -0.15) is 0 Å². The maximum absolute atomic E-state index is 13.3. The number of anilines is 3. The Morgan fingerprint density at radius 1 is 0.513 bits per heavy atom. The van der Waals surface area contributed by atoms with Crippen LogP contribution in [0.2, 0.25) is 0 Å². The van der Waals surface area contributed by atoms with Crippen molar-refractivity contribution in [2.45, 2.75) is 15.2 Å². The van der Waals surface area contributed by atoms with Gasteiger partial charge >= 0.3 is 210 Å². The average Bonchev–Trinajstić information content (AvgIpc) is 3.71. The molecule has 6 aromatic rings. The van der Waals surface area contributed by atoms with E-state index in [-0.39, 0.29) is 5.41 Å². The van der Waals surface area contributed by atoms with Crippen molar-refractivity contribution < 1.29 is 8.42 Å². The van der Waals surface area contributed by atoms with Crippen LogP contribution in [-0.2, 0) is 15.3 Å². The van der Waals surface area contributed by atoms with E-state index in [1.54, 1.807) is 45.3 Å². The Morgan fingerprint density at radius 2 is 1.00 bits per heavy atom. The van der Waals surface area contributed by atoms with Gasteiger partial charge in [-0.15, -0.1) is 0 Å². The number of benzene rings is 4. The van der Waals surface area contributed by atoms with Crippen molar-refractivity contribution in [3.8, 4) is 8.87 Å². The van der Waals surface area contributed by atoms with Crippen molar-refractivity contribution in [3.63, 3.8) is 0 Å². The van der Waals surface area contributed by atoms with E-state index in [1.807, 2.05) is 18.2 Å². The number of rotatable bonds is 3. The molecule has 2 aliphatic rings. The number of fused-ring (bicyclic) bond motifs is 9. The quantitative estimate of drug-likeness (QED) is 0.198. The Balaban J connectivity index is 1.35. The summed E-state index contributed by atoms with van der Waals surface area (Å²) in [6, 6.07) is 38.2. The van der Waals surface area contributed by atoms with E-state index in [2.05, 4.69) is 75.4 Å². The molecule has 6 heteroatoms. The van der Waals surface area contributed by atoms with Gasteiger partial charge in [0.2, 0.25) is 0 Å². The van der Waals surface area contributed by atoms with Crippen molar-refractivity contribution in [3.05, 3.63) is 147 Å². The molecule has 1 aliphatic carbocycles. The topological polar surface area (TPSA) is 37.4 Å². The first-order chi connectivity index (χ1) is 19.1. The number of hydrogen-bond acceptors (Lipinski definition) is 3. The van der Waals surface area contributed by atoms with E-state index in [4.69, 9.17) is 0 Å². The Labute approximate surface area is 239 Å². The summed E-state index contributed by atoms with van der Waals surface area (Å²) in [6.45, 7) is 0. The standard InChI is InChI=1S/C33H21NO2SSe2/c35-37(36,23-8-2-1-3-9-23)24-16-14-22(15-17-24)34-29-12-6-4-10-25(29)33(26-11-5-7-13-30(26)34)27-18-20-38-31(27)32-28(33)19-21-39-32/h1-21H. The molecule has 1 spiro atoms. The van der Waals surface area contributed by atoms with E-state index in [0.29, 0.717) is 38.8 Å². The van der Waals surface area contributed by atoms with Crippen LogP contribution in [0.3, 0.4) is 0 Å². The van der Waals surface area contributed by atoms with Gasteiger partial charge in [0.25, 0.3) is 0 Å². The van der Waals surface area contributed by atoms with E-state index in [1.165, 1.54) is 22.3 Å². The summed E-state index contributed by atoms with van der Waals surface area (Å²) < 4.78 is 29.7. The predicted molar refractivity (Wildman–Crippen MR) is 158 cm³/mol. The number of nitrogens with zero attached hydrogens (tertiary/aromatic N) is 1. The third kappa shape index (κ3) is 3.12. The molecule has 1 aliphatic heterocycles. The summed E-state index contributed by atoms with van der Waals surface area (Å²) >= 11 is 0.739. The second-order valence-electron chi connectivity index (χ2n) is 9.76. The molecule has 0 N–H and O–H groups in total. The Hall–Kier alpha value is -3.37. The summed E-state index contributed by atoms with van der Waals surface area (Å²) in [4.78, 5) is 7.65. The van der Waals surface area contributed by atoms with Crippen molar-refractivity contribution in [1.29, 1.82) is 0 Å². The van der Waals surface area contributed by atoms with Gasteiger partial charge in [-0.3, -0.25) is 0 Å². The van der Waals surface area contributed by atoms with Crippen LogP contribution in [0.1, 0.15) is 22.3 Å². The minimum absolute atomic E-state index is 0.296. The van der Waals surface area contributed by atoms with Crippen LogP contribution in [0, 0.1) is 0 Å². The van der Waals surface area contributed by atoms with Gasteiger partial charge in [-0.25, -0.2) is 0 Å². The second-order valence-corrected chi connectivity index (χ2v) is 15.6. The van der Waals surface area contributed by atoms with Crippen molar-refractivity contribution in [2.24, 2.45) is 0 Å². The van der Waals surface area contributed by atoms with Crippen molar-refractivity contribution in [1.82, 2.24) is 0 Å². The summed E-state index contributed by atoms with van der Waals surface area (Å²) in [5.41, 5.74) is 8.36. The molecule has 0 unspecified atom stereocenters. The molecule has 8 rings (SSSR count). The Kier molecular flexibility index (Phi) is 5.16. The predicted octanol–water partition coefficient (Wildman–Crippen LogP) is 6.78. The fourth-order valence-corrected chi connectivity index (χ4v) is 12.5. The zero-order valence-corrected chi connectivity index (χ0v) is 24.9. The summed E-state index contributed by atoms with van der Waals surface area (Å²) in [5.74, 6) is 0. The van der Waals surface area contributed by atoms with Crippen LogP contribution in [0.4, 0.5) is 17.1 Å². The molecule has 0 saturated heterocycles. The van der Waals surface area contributed by atoms with Gasteiger partial charge in [-0.05, 0) is 12.1 Å². The summed E-state index contributed by atoms with van der Waals surface area (Å²) in [5, 5.41) is 0. The molecule has 0 bridgehead atoms. The van der Waals surface area contributed by atoms with Crippen molar-refractivity contribution in [2.75, 3.05) is 4.90 Å². The molecule has 0 radical (unpaired) electrons. The van der Waals surface area contributed by atoms with Gasteiger partial charge in [0.05, 0.1) is 0 Å². The molecule has 2 aromatic heterocycles. The SMILES string of the molecule is O=S(=O)(c1ccccc1)c1ccc(N2c3ccccc3C3(c4ccccc42)c2cc[se]c2-c2[se]ccc23)cc1. The zero-order valence-electron chi connectivity index (χ0n) is 20.6. The molecule has 0 atom stereocenters. The maximum atomic E-state index is 13.3. The Morgan fingerprint density at radius 3 is 1.56 bits per heavy atom. The van der Waals surface area contributed by atoms with Gasteiger partial charge in [0.1, 0.15) is 0 Å². The third-order valence-electron chi connectivity index (χ3n) is 7.90. The van der Waals surface area contributed by atoms with Gasteiger partial charge in [-0.1, -0.05) is 18.2 Å². The molecule has 3 heterocycles. The van der Waals surface area contributed by atoms with Crippen LogP contribution in [0.5, 0.6) is 0 Å². The monoisotopic (exact) mass is 655 g/mol. The van der Waals surface area contributed by atoms with Crippen LogP contribution in [0.15, 0.2) is 135 Å². The Bertz CT molecular complexity index is 1900. The molecule has 188 valence electrons. The fraction of sp³-hybridized carbons (Fsp3) is 0.0303. The minimum atomic E-state index is -3.59. The first kappa shape index (κ1) is 23.5. The number of sulfone groups is 1. The number of para-hydroxylation sites is 2. The molecular weight excluding hydrogens is 632 g/mol. The first-order valence-electron chi connectivity index (χ1n) is 12.7. The van der Waals surface area contributed by atoms with Crippen molar-refractivity contribution >= 4 is 55.9 Å². The summed E-state index contributed by atoms with van der Waals surface area (Å²) in [7, 11) is -3.59. The van der Waals surface area contributed by atoms with Crippen LogP contribution in [0.25, 0.3) is 8.87 Å². The average molecular weight is 654 g/mol. The van der Waals surface area contributed by atoms with E-state index >= 15 is 0 Å². The first-order valence-corrected chi connectivity index (χ1v) is 17.8. The third-order valence-corrected chi connectivity index (χ3v) is 14.3. The summed E-state index contributed by atoms with van der Waals surface area (Å²) in [6.07, 6.45) is 0. The normalized spacial score (nSPS) is 14.5. The van der Waals surface area contributed by atoms with Gasteiger partial charge in [0, 0.05) is 0 Å². The van der Waals surface area contributed by atoms with E-state index in [9.17, 15) is 8.42 Å². The van der Waals surface area contributed by atoms with Crippen LogP contribution < -0.4 is 4.90 Å². The molecule has 39 heavy (non-hydrogen) atoms. The zero-order chi connectivity index (χ0) is 26.2. The van der Waals surface area contributed by atoms with E-state index < -0.39 is 9.84 Å². The van der Waals surface area contributed by atoms with Gasteiger partial charge in [0.15, 0.2) is 0 Å². The molecule has 0 saturated carbocycles.